The molecular formula is C27H55O7PS. The van der Waals surface area contributed by atoms with E-state index >= 15 is 0 Å². The molecule has 36 heavy (non-hydrogen) atoms. The zero-order chi connectivity index (χ0) is 27.1. The fourth-order valence-electron chi connectivity index (χ4n) is 4.18. The highest BCUT2D eigenvalue weighted by Gasteiger charge is 2.39. The second-order valence-corrected chi connectivity index (χ2v) is 12.7. The standard InChI is InChI=1S/C27H55O7PS/c1-4-7-9-11-13-14-15-17-19-23-36(32)24(20-18-16-12-10-8-5-2)21-22-33-25(6-3)34-27(30,35-31)26(28)29/h24-25,30H,4-23,35H2,1-3H3,(H,28,29). The van der Waals surface area contributed by atoms with Gasteiger partial charge in [-0.3, -0.25) is 0 Å². The predicted octanol–water partition coefficient (Wildman–Crippen LogP) is 7.03. The van der Waals surface area contributed by atoms with Crippen LogP contribution in [0.1, 0.15) is 136 Å². The molecule has 0 aromatic rings. The first kappa shape index (κ1) is 35.9. The number of rotatable bonds is 27. The first-order chi connectivity index (χ1) is 17.3. The van der Waals surface area contributed by atoms with E-state index in [0.29, 0.717) is 18.6 Å². The Morgan fingerprint density at radius 2 is 1.36 bits per heavy atom. The molecule has 0 aromatic heterocycles. The molecule has 5 atom stereocenters. The fraction of sp³-hybridized carbons (Fsp3) is 0.963. The quantitative estimate of drug-likeness (QED) is 0.0484. The largest absolute Gasteiger partial charge is 0.616 e. The van der Waals surface area contributed by atoms with Gasteiger partial charge in [0.05, 0.1) is 6.61 Å². The second kappa shape index (κ2) is 24.0. The van der Waals surface area contributed by atoms with Crippen LogP contribution in [0.15, 0.2) is 0 Å². The van der Waals surface area contributed by atoms with E-state index in [2.05, 4.69) is 13.8 Å². The average Bonchev–Trinajstić information content (AvgIpc) is 2.87. The molecule has 0 heterocycles. The van der Waals surface area contributed by atoms with Gasteiger partial charge >= 0.3 is 11.5 Å². The average molecular weight is 555 g/mol. The summed E-state index contributed by atoms with van der Waals surface area (Å²) in [5, 5.41) is 19.0. The van der Waals surface area contributed by atoms with Crippen molar-refractivity contribution in [3.05, 3.63) is 0 Å². The molecule has 0 bridgehead atoms. The number of ether oxygens (including phenoxy) is 2. The summed E-state index contributed by atoms with van der Waals surface area (Å²) in [6, 6.07) is 0. The molecular weight excluding hydrogens is 499 g/mol. The molecule has 0 saturated heterocycles. The highest BCUT2D eigenvalue weighted by molar-refractivity contribution is 7.92. The fourth-order valence-corrected chi connectivity index (χ4v) is 6.10. The van der Waals surface area contributed by atoms with Crippen molar-refractivity contribution in [3.8, 4) is 0 Å². The van der Waals surface area contributed by atoms with Gasteiger partial charge in [0.25, 0.3) is 0 Å². The molecule has 9 heteroatoms. The van der Waals surface area contributed by atoms with Gasteiger partial charge in [0.1, 0.15) is 19.5 Å². The SMILES string of the molecule is CCCCCCCCCCC[S+]([O-])C(CCCCCCCC)CCOC(CC)OC(O)([PH2]=O)C(=O)O. The van der Waals surface area contributed by atoms with Gasteiger partial charge in [-0.05, 0) is 32.1 Å². The van der Waals surface area contributed by atoms with Crippen LogP contribution in [0.2, 0.25) is 0 Å². The second-order valence-electron chi connectivity index (χ2n) is 9.83. The molecule has 0 rings (SSSR count). The molecule has 7 nitrogen and oxygen atoms in total. The molecule has 0 aliphatic heterocycles. The summed E-state index contributed by atoms with van der Waals surface area (Å²) in [7, 11) is -2.09. The Morgan fingerprint density at radius 3 is 1.83 bits per heavy atom. The van der Waals surface area contributed by atoms with Crippen molar-refractivity contribution >= 4 is 25.6 Å². The van der Waals surface area contributed by atoms with Crippen LogP contribution in [-0.4, -0.2) is 50.2 Å². The number of carboxylic acid groups (broad SMARTS) is 1. The topological polar surface area (TPSA) is 116 Å². The van der Waals surface area contributed by atoms with Crippen molar-refractivity contribution in [2.75, 3.05) is 12.4 Å². The van der Waals surface area contributed by atoms with Crippen LogP contribution < -0.4 is 0 Å². The Bertz CT molecular complexity index is 540. The van der Waals surface area contributed by atoms with Crippen molar-refractivity contribution in [1.29, 1.82) is 0 Å². The molecule has 0 aliphatic carbocycles. The molecule has 0 amide bonds. The van der Waals surface area contributed by atoms with Gasteiger partial charge in [-0.15, -0.1) is 0 Å². The molecule has 0 saturated carbocycles. The maximum absolute atomic E-state index is 13.1. The summed E-state index contributed by atoms with van der Waals surface area (Å²) in [4.78, 5) is 11.2. The van der Waals surface area contributed by atoms with Crippen molar-refractivity contribution in [1.82, 2.24) is 0 Å². The monoisotopic (exact) mass is 554 g/mol. The first-order valence-electron chi connectivity index (χ1n) is 14.4. The molecule has 0 aliphatic rings. The van der Waals surface area contributed by atoms with E-state index in [1.165, 1.54) is 70.6 Å². The summed E-state index contributed by atoms with van der Waals surface area (Å²) >= 11 is -0.933. The number of hydrogen-bond acceptors (Lipinski definition) is 6. The maximum atomic E-state index is 13.1. The Hall–Kier alpha value is -0.110. The van der Waals surface area contributed by atoms with E-state index in [9.17, 15) is 19.0 Å². The lowest BCUT2D eigenvalue weighted by atomic mass is 10.1. The third kappa shape index (κ3) is 18.2. The van der Waals surface area contributed by atoms with E-state index in [0.717, 1.165) is 32.1 Å². The molecule has 0 aromatic carbocycles. The van der Waals surface area contributed by atoms with E-state index in [1.807, 2.05) is 0 Å². The predicted molar refractivity (Wildman–Crippen MR) is 151 cm³/mol. The third-order valence-corrected chi connectivity index (χ3v) is 9.16. The van der Waals surface area contributed by atoms with Crippen molar-refractivity contribution in [2.45, 2.75) is 153 Å². The molecule has 2 N–H and O–H groups in total. The van der Waals surface area contributed by atoms with Gasteiger partial charge < -0.3 is 28.8 Å². The van der Waals surface area contributed by atoms with Crippen molar-refractivity contribution in [2.24, 2.45) is 0 Å². The summed E-state index contributed by atoms with van der Waals surface area (Å²) < 4.78 is 35.0. The Labute approximate surface area is 224 Å². The minimum atomic E-state index is -2.71. The smallest absolute Gasteiger partial charge is 0.371 e. The third-order valence-electron chi connectivity index (χ3n) is 6.55. The minimum absolute atomic E-state index is 0.0335. The van der Waals surface area contributed by atoms with Gasteiger partial charge in [0, 0.05) is 6.42 Å². The van der Waals surface area contributed by atoms with E-state index in [-0.39, 0.29) is 11.9 Å². The zero-order valence-corrected chi connectivity index (χ0v) is 25.2. The molecule has 5 unspecified atom stereocenters. The van der Waals surface area contributed by atoms with Crippen LogP contribution in [-0.2, 0) is 30.0 Å². The lowest BCUT2D eigenvalue weighted by Gasteiger charge is -2.26. The van der Waals surface area contributed by atoms with E-state index in [1.54, 1.807) is 6.92 Å². The van der Waals surface area contributed by atoms with Gasteiger partial charge in [-0.25, -0.2) is 4.79 Å². The maximum Gasteiger partial charge on any atom is 0.371 e. The number of carboxylic acids is 1. The van der Waals surface area contributed by atoms with Gasteiger partial charge in [-0.1, -0.05) is 109 Å². The number of unbranched alkanes of at least 4 members (excludes halogenated alkanes) is 13. The van der Waals surface area contributed by atoms with E-state index in [4.69, 9.17) is 14.6 Å². The van der Waals surface area contributed by atoms with E-state index < -0.39 is 37.4 Å². The summed E-state index contributed by atoms with van der Waals surface area (Å²) in [6.45, 7) is 6.43. The van der Waals surface area contributed by atoms with Crippen LogP contribution in [0.5, 0.6) is 0 Å². The summed E-state index contributed by atoms with van der Waals surface area (Å²) in [5.41, 5.74) is -2.71. The highest BCUT2D eigenvalue weighted by atomic mass is 32.2. The molecule has 0 radical (unpaired) electrons. The summed E-state index contributed by atoms with van der Waals surface area (Å²) in [5.74, 6) is -0.972. The van der Waals surface area contributed by atoms with Gasteiger partial charge in [0.15, 0.2) is 6.29 Å². The number of aliphatic hydroxyl groups is 1. The summed E-state index contributed by atoms with van der Waals surface area (Å²) in [6.07, 6.45) is 19.0. The molecule has 0 fully saturated rings. The van der Waals surface area contributed by atoms with Gasteiger partial charge in [0.2, 0.25) is 0 Å². The zero-order valence-electron chi connectivity index (χ0n) is 23.2. The van der Waals surface area contributed by atoms with Crippen LogP contribution in [0, 0.1) is 0 Å². The molecule has 216 valence electrons. The van der Waals surface area contributed by atoms with Crippen LogP contribution in [0.25, 0.3) is 0 Å². The van der Waals surface area contributed by atoms with Crippen LogP contribution in [0.3, 0.4) is 0 Å². The first-order valence-corrected chi connectivity index (χ1v) is 16.9. The van der Waals surface area contributed by atoms with Crippen molar-refractivity contribution in [3.63, 3.8) is 0 Å². The van der Waals surface area contributed by atoms with Crippen LogP contribution >= 0.6 is 8.46 Å². The highest BCUT2D eigenvalue weighted by Crippen LogP contribution is 2.26. The number of hydrogen-bond donors (Lipinski definition) is 2. The Kier molecular flexibility index (Phi) is 23.9. The number of carbonyl (C=O) groups is 1. The lowest BCUT2D eigenvalue weighted by molar-refractivity contribution is -0.252. The minimum Gasteiger partial charge on any atom is -0.616 e. The lowest BCUT2D eigenvalue weighted by Crippen LogP contribution is -2.40. The number of aliphatic carboxylic acids is 1. The normalized spacial score (nSPS) is 16.2. The molecule has 0 spiro atoms. The van der Waals surface area contributed by atoms with Crippen molar-refractivity contribution < 1.29 is 33.6 Å². The Morgan fingerprint density at radius 1 is 0.861 bits per heavy atom. The van der Waals surface area contributed by atoms with Crippen LogP contribution in [0.4, 0.5) is 0 Å². The Balaban J connectivity index is 4.54. The van der Waals surface area contributed by atoms with Gasteiger partial charge in [-0.2, -0.15) is 0 Å².